The second-order valence-electron chi connectivity index (χ2n) is 5.03. The molecule has 2 aromatic carbocycles. The molecular weight excluding hydrogens is 243 g/mol. The van der Waals surface area contributed by atoms with Crippen molar-refractivity contribution in [3.8, 4) is 22.5 Å². The Labute approximate surface area is 120 Å². The summed E-state index contributed by atoms with van der Waals surface area (Å²) >= 11 is 0. The molecular formula is C17H15BN2. The van der Waals surface area contributed by atoms with E-state index in [0.717, 1.165) is 22.5 Å². The molecule has 20 heavy (non-hydrogen) atoms. The van der Waals surface area contributed by atoms with E-state index in [1.165, 1.54) is 11.0 Å². The molecule has 0 bridgehead atoms. The average molecular weight is 258 g/mol. The van der Waals surface area contributed by atoms with Crippen LogP contribution in [0.4, 0.5) is 0 Å². The second-order valence-corrected chi connectivity index (χ2v) is 5.03. The van der Waals surface area contributed by atoms with Gasteiger partial charge in [0.15, 0.2) is 5.82 Å². The molecule has 0 atom stereocenters. The summed E-state index contributed by atoms with van der Waals surface area (Å²) in [6.45, 7) is 2.07. The second kappa shape index (κ2) is 5.29. The number of nitrogens with zero attached hydrogens (tertiary/aromatic N) is 2. The van der Waals surface area contributed by atoms with Gasteiger partial charge in [0.2, 0.25) is 0 Å². The number of rotatable bonds is 2. The largest absolute Gasteiger partial charge is 0.236 e. The van der Waals surface area contributed by atoms with Crippen LogP contribution < -0.4 is 5.46 Å². The van der Waals surface area contributed by atoms with Gasteiger partial charge in [-0.15, -0.1) is 0 Å². The van der Waals surface area contributed by atoms with Crippen LogP contribution in [0.15, 0.2) is 60.9 Å². The minimum atomic E-state index is 0.765. The first-order valence-corrected chi connectivity index (χ1v) is 6.68. The molecule has 1 heterocycles. The van der Waals surface area contributed by atoms with E-state index in [0.29, 0.717) is 0 Å². The van der Waals surface area contributed by atoms with Crippen molar-refractivity contribution in [2.45, 2.75) is 6.92 Å². The summed E-state index contributed by atoms with van der Waals surface area (Å²) < 4.78 is 0. The fourth-order valence-corrected chi connectivity index (χ4v) is 2.07. The quantitative estimate of drug-likeness (QED) is 0.659. The molecule has 0 spiro atoms. The molecule has 2 nitrogen and oxygen atoms in total. The fourth-order valence-electron chi connectivity index (χ4n) is 2.07. The van der Waals surface area contributed by atoms with Crippen molar-refractivity contribution in [1.82, 2.24) is 9.97 Å². The van der Waals surface area contributed by atoms with Gasteiger partial charge in [0.25, 0.3) is 0 Å². The highest BCUT2D eigenvalue weighted by Crippen LogP contribution is 2.19. The standard InChI is InChI=1S/C17H15BN2/c1-12-2-4-14(5-3-12)17-19-10-15(11-20-17)13-6-8-16(18)9-7-13/h2-11H,18H2,1H3. The lowest BCUT2D eigenvalue weighted by atomic mass is 9.94. The Hall–Kier alpha value is -2.42. The average Bonchev–Trinajstić information content (AvgIpc) is 2.49. The zero-order chi connectivity index (χ0) is 13.9. The molecule has 0 saturated heterocycles. The summed E-state index contributed by atoms with van der Waals surface area (Å²) in [5.74, 6) is 0.765. The molecule has 3 rings (SSSR count). The van der Waals surface area contributed by atoms with Gasteiger partial charge in [-0.1, -0.05) is 59.6 Å². The molecule has 0 aliphatic carbocycles. The zero-order valence-electron chi connectivity index (χ0n) is 11.7. The maximum Gasteiger partial charge on any atom is 0.159 e. The topological polar surface area (TPSA) is 25.8 Å². The zero-order valence-corrected chi connectivity index (χ0v) is 11.7. The first-order chi connectivity index (χ1) is 9.72. The molecule has 0 N–H and O–H groups in total. The van der Waals surface area contributed by atoms with Gasteiger partial charge in [0, 0.05) is 23.5 Å². The minimum Gasteiger partial charge on any atom is -0.236 e. The van der Waals surface area contributed by atoms with Gasteiger partial charge >= 0.3 is 0 Å². The Bertz CT molecular complexity index is 637. The van der Waals surface area contributed by atoms with Crippen molar-refractivity contribution in [3.63, 3.8) is 0 Å². The molecule has 3 heteroatoms. The van der Waals surface area contributed by atoms with Crippen LogP contribution in [0.3, 0.4) is 0 Å². The number of aryl methyl sites for hydroxylation is 1. The van der Waals surface area contributed by atoms with Gasteiger partial charge in [-0.2, -0.15) is 0 Å². The molecule has 0 fully saturated rings. The van der Waals surface area contributed by atoms with Crippen LogP contribution in [0.1, 0.15) is 5.56 Å². The van der Waals surface area contributed by atoms with Gasteiger partial charge < -0.3 is 0 Å². The molecule has 96 valence electrons. The van der Waals surface area contributed by atoms with E-state index < -0.39 is 0 Å². The maximum absolute atomic E-state index is 4.47. The summed E-state index contributed by atoms with van der Waals surface area (Å²) in [7, 11) is 2.08. The summed E-state index contributed by atoms with van der Waals surface area (Å²) in [5, 5.41) is 0. The lowest BCUT2D eigenvalue weighted by molar-refractivity contribution is 1.18. The summed E-state index contributed by atoms with van der Waals surface area (Å²) in [6, 6.07) is 16.6. The first-order valence-electron chi connectivity index (χ1n) is 6.68. The molecule has 3 aromatic rings. The highest BCUT2D eigenvalue weighted by Gasteiger charge is 2.02. The monoisotopic (exact) mass is 258 g/mol. The first kappa shape index (κ1) is 12.6. The van der Waals surface area contributed by atoms with Gasteiger partial charge in [-0.25, -0.2) is 9.97 Å². The van der Waals surface area contributed by atoms with E-state index in [-0.39, 0.29) is 0 Å². The molecule has 0 unspecified atom stereocenters. The molecule has 0 aliphatic heterocycles. The Morgan fingerprint density at radius 2 is 1.25 bits per heavy atom. The van der Waals surface area contributed by atoms with Gasteiger partial charge in [0.1, 0.15) is 7.85 Å². The van der Waals surface area contributed by atoms with E-state index in [9.17, 15) is 0 Å². The van der Waals surface area contributed by atoms with Gasteiger partial charge in [-0.3, -0.25) is 0 Å². The van der Waals surface area contributed by atoms with Gasteiger partial charge in [-0.05, 0) is 12.5 Å². The highest BCUT2D eigenvalue weighted by molar-refractivity contribution is 6.32. The summed E-state index contributed by atoms with van der Waals surface area (Å²) in [4.78, 5) is 8.93. The predicted octanol–water partition coefficient (Wildman–Crippen LogP) is 2.38. The SMILES string of the molecule is Bc1ccc(-c2cnc(-c3ccc(C)cc3)nc2)cc1. The van der Waals surface area contributed by atoms with Crippen LogP contribution in [0.25, 0.3) is 22.5 Å². The number of aromatic nitrogens is 2. The lowest BCUT2D eigenvalue weighted by Crippen LogP contribution is -1.99. The van der Waals surface area contributed by atoms with E-state index >= 15 is 0 Å². The van der Waals surface area contributed by atoms with Crippen LogP contribution in [0.2, 0.25) is 0 Å². The summed E-state index contributed by atoms with van der Waals surface area (Å²) in [5.41, 5.74) is 5.73. The van der Waals surface area contributed by atoms with Crippen molar-refractivity contribution in [2.75, 3.05) is 0 Å². The smallest absolute Gasteiger partial charge is 0.159 e. The van der Waals surface area contributed by atoms with Crippen molar-refractivity contribution < 1.29 is 0 Å². The van der Waals surface area contributed by atoms with Crippen molar-refractivity contribution in [3.05, 3.63) is 66.5 Å². The number of hydrogen-bond donors (Lipinski definition) is 0. The Morgan fingerprint density at radius 3 is 1.85 bits per heavy atom. The van der Waals surface area contributed by atoms with Crippen LogP contribution >= 0.6 is 0 Å². The maximum atomic E-state index is 4.47. The molecule has 0 radical (unpaired) electrons. The third-order valence-corrected chi connectivity index (χ3v) is 3.35. The Balaban J connectivity index is 1.91. The lowest BCUT2D eigenvalue weighted by Gasteiger charge is -2.04. The van der Waals surface area contributed by atoms with Crippen molar-refractivity contribution in [1.29, 1.82) is 0 Å². The Kier molecular flexibility index (Phi) is 3.34. The van der Waals surface area contributed by atoms with Crippen LogP contribution in [0, 0.1) is 6.92 Å². The van der Waals surface area contributed by atoms with Crippen LogP contribution in [-0.4, -0.2) is 17.8 Å². The number of benzene rings is 2. The highest BCUT2D eigenvalue weighted by atomic mass is 14.9. The van der Waals surface area contributed by atoms with E-state index in [1.54, 1.807) is 0 Å². The third kappa shape index (κ3) is 2.62. The minimum absolute atomic E-state index is 0.765. The van der Waals surface area contributed by atoms with E-state index in [4.69, 9.17) is 0 Å². The Morgan fingerprint density at radius 1 is 0.700 bits per heavy atom. The van der Waals surface area contributed by atoms with Crippen molar-refractivity contribution in [2.24, 2.45) is 0 Å². The third-order valence-electron chi connectivity index (χ3n) is 3.35. The number of hydrogen-bond acceptors (Lipinski definition) is 2. The predicted molar refractivity (Wildman–Crippen MR) is 85.8 cm³/mol. The van der Waals surface area contributed by atoms with Crippen LogP contribution in [-0.2, 0) is 0 Å². The fraction of sp³-hybridized carbons (Fsp3) is 0.0588. The van der Waals surface area contributed by atoms with E-state index in [1.807, 2.05) is 12.4 Å². The van der Waals surface area contributed by atoms with Crippen molar-refractivity contribution >= 4 is 13.3 Å². The van der Waals surface area contributed by atoms with E-state index in [2.05, 4.69) is 73.3 Å². The molecule has 0 amide bonds. The molecule has 1 aromatic heterocycles. The molecule has 0 saturated carbocycles. The van der Waals surface area contributed by atoms with Gasteiger partial charge in [0.05, 0.1) is 0 Å². The van der Waals surface area contributed by atoms with Crippen LogP contribution in [0.5, 0.6) is 0 Å². The normalized spacial score (nSPS) is 10.4. The molecule has 0 aliphatic rings. The summed E-state index contributed by atoms with van der Waals surface area (Å²) in [6.07, 6.45) is 3.76.